The number of hydrogen-bond acceptors (Lipinski definition) is 0. The SMILES string of the molecule is CCCCC1=Cc2c(-c3cccc(C)c3C)cc(C)c(C)c2C1. The third kappa shape index (κ3) is 2.87. The second-order valence-corrected chi connectivity index (χ2v) is 7.09. The Labute approximate surface area is 141 Å². The van der Waals surface area contributed by atoms with Crippen molar-refractivity contribution in [3.8, 4) is 11.1 Å². The lowest BCUT2D eigenvalue weighted by Gasteiger charge is -2.16. The molecule has 120 valence electrons. The fourth-order valence-electron chi connectivity index (χ4n) is 3.71. The lowest BCUT2D eigenvalue weighted by molar-refractivity contribution is 0.779. The first kappa shape index (κ1) is 16.1. The van der Waals surface area contributed by atoms with Crippen LogP contribution < -0.4 is 0 Å². The smallest absolute Gasteiger partial charge is 0.00549 e. The maximum atomic E-state index is 2.48. The molecule has 0 heteroatoms. The summed E-state index contributed by atoms with van der Waals surface area (Å²) in [6, 6.07) is 9.08. The fourth-order valence-corrected chi connectivity index (χ4v) is 3.71. The highest BCUT2D eigenvalue weighted by molar-refractivity contribution is 5.84. The van der Waals surface area contributed by atoms with Crippen molar-refractivity contribution >= 4 is 6.08 Å². The maximum Gasteiger partial charge on any atom is -0.00549 e. The number of allylic oxidation sites excluding steroid dienone is 1. The highest BCUT2D eigenvalue weighted by Gasteiger charge is 2.21. The molecule has 1 aliphatic carbocycles. The van der Waals surface area contributed by atoms with Crippen LogP contribution in [0.2, 0.25) is 0 Å². The van der Waals surface area contributed by atoms with Crippen molar-refractivity contribution in [3.63, 3.8) is 0 Å². The van der Waals surface area contributed by atoms with E-state index in [9.17, 15) is 0 Å². The first-order valence-electron chi connectivity index (χ1n) is 8.92. The van der Waals surface area contributed by atoms with Crippen molar-refractivity contribution in [2.45, 2.75) is 60.3 Å². The minimum absolute atomic E-state index is 1.15. The molecule has 0 aromatic heterocycles. The largest absolute Gasteiger partial charge is 0.0654 e. The molecular weight excluding hydrogens is 276 g/mol. The summed E-state index contributed by atoms with van der Waals surface area (Å²) < 4.78 is 0. The zero-order chi connectivity index (χ0) is 16.6. The molecule has 0 spiro atoms. The number of fused-ring (bicyclic) bond motifs is 1. The van der Waals surface area contributed by atoms with Gasteiger partial charge >= 0.3 is 0 Å². The quantitative estimate of drug-likeness (QED) is 0.588. The van der Waals surface area contributed by atoms with E-state index in [0.29, 0.717) is 0 Å². The van der Waals surface area contributed by atoms with Gasteiger partial charge in [0.15, 0.2) is 0 Å². The Morgan fingerprint density at radius 2 is 1.70 bits per heavy atom. The van der Waals surface area contributed by atoms with E-state index < -0.39 is 0 Å². The maximum absolute atomic E-state index is 2.48. The van der Waals surface area contributed by atoms with E-state index >= 15 is 0 Å². The summed E-state index contributed by atoms with van der Waals surface area (Å²) in [6.07, 6.45) is 7.46. The van der Waals surface area contributed by atoms with Crippen LogP contribution in [0.25, 0.3) is 17.2 Å². The number of rotatable bonds is 4. The van der Waals surface area contributed by atoms with Gasteiger partial charge in [-0.25, -0.2) is 0 Å². The minimum atomic E-state index is 1.15. The Balaban J connectivity index is 2.16. The monoisotopic (exact) mass is 304 g/mol. The number of hydrogen-bond donors (Lipinski definition) is 0. The van der Waals surface area contributed by atoms with E-state index in [2.05, 4.69) is 65.0 Å². The predicted molar refractivity (Wildman–Crippen MR) is 102 cm³/mol. The van der Waals surface area contributed by atoms with Gasteiger partial charge in [-0.1, -0.05) is 49.3 Å². The van der Waals surface area contributed by atoms with Gasteiger partial charge in [0.2, 0.25) is 0 Å². The zero-order valence-corrected chi connectivity index (χ0v) is 15.2. The molecular formula is C23H28. The van der Waals surface area contributed by atoms with Crippen LogP contribution in [-0.4, -0.2) is 0 Å². The molecule has 0 nitrogen and oxygen atoms in total. The van der Waals surface area contributed by atoms with Gasteiger partial charge in [-0.3, -0.25) is 0 Å². The molecule has 2 aromatic rings. The van der Waals surface area contributed by atoms with Crippen molar-refractivity contribution in [2.24, 2.45) is 0 Å². The zero-order valence-electron chi connectivity index (χ0n) is 15.2. The van der Waals surface area contributed by atoms with Gasteiger partial charge in [-0.05, 0) is 91.5 Å². The average molecular weight is 304 g/mol. The molecule has 0 radical (unpaired) electrons. The molecule has 0 unspecified atom stereocenters. The molecule has 0 aliphatic heterocycles. The lowest BCUT2D eigenvalue weighted by atomic mass is 9.88. The van der Waals surface area contributed by atoms with Gasteiger partial charge in [-0.15, -0.1) is 0 Å². The number of unbranched alkanes of at least 4 members (excludes halogenated alkanes) is 1. The predicted octanol–water partition coefficient (Wildman–Crippen LogP) is 6.72. The molecule has 3 rings (SSSR count). The second-order valence-electron chi connectivity index (χ2n) is 7.09. The van der Waals surface area contributed by atoms with Crippen LogP contribution >= 0.6 is 0 Å². The molecule has 0 amide bonds. The molecule has 0 saturated carbocycles. The summed E-state index contributed by atoms with van der Waals surface area (Å²) in [4.78, 5) is 0. The number of aryl methyl sites for hydroxylation is 2. The number of benzene rings is 2. The lowest BCUT2D eigenvalue weighted by Crippen LogP contribution is -1.97. The third-order valence-corrected chi connectivity index (χ3v) is 5.52. The first-order chi connectivity index (χ1) is 11.0. The van der Waals surface area contributed by atoms with Crippen LogP contribution in [0, 0.1) is 27.7 Å². The minimum Gasteiger partial charge on any atom is -0.0654 e. The Bertz CT molecular complexity index is 775. The summed E-state index contributed by atoms with van der Waals surface area (Å²) in [7, 11) is 0. The molecule has 0 heterocycles. The molecule has 0 saturated heterocycles. The highest BCUT2D eigenvalue weighted by Crippen LogP contribution is 2.40. The second kappa shape index (κ2) is 6.35. The van der Waals surface area contributed by atoms with Crippen LogP contribution in [0.3, 0.4) is 0 Å². The summed E-state index contributed by atoms with van der Waals surface area (Å²) in [5, 5.41) is 0. The van der Waals surface area contributed by atoms with E-state index in [1.807, 2.05) is 0 Å². The first-order valence-corrected chi connectivity index (χ1v) is 8.92. The van der Waals surface area contributed by atoms with Crippen LogP contribution in [0.4, 0.5) is 0 Å². The highest BCUT2D eigenvalue weighted by atomic mass is 14.2. The average Bonchev–Trinajstić information content (AvgIpc) is 2.96. The summed E-state index contributed by atoms with van der Waals surface area (Å²) in [5.74, 6) is 0. The van der Waals surface area contributed by atoms with E-state index in [0.717, 1.165) is 6.42 Å². The molecule has 0 N–H and O–H groups in total. The Hall–Kier alpha value is -1.82. The van der Waals surface area contributed by atoms with Gasteiger partial charge in [0.1, 0.15) is 0 Å². The van der Waals surface area contributed by atoms with Crippen molar-refractivity contribution in [2.75, 3.05) is 0 Å². The van der Waals surface area contributed by atoms with Gasteiger partial charge in [-0.2, -0.15) is 0 Å². The van der Waals surface area contributed by atoms with Crippen LogP contribution in [0.15, 0.2) is 29.8 Å². The van der Waals surface area contributed by atoms with Crippen molar-refractivity contribution in [1.29, 1.82) is 0 Å². The molecule has 2 aromatic carbocycles. The Kier molecular flexibility index (Phi) is 4.43. The summed E-state index contributed by atoms with van der Waals surface area (Å²) >= 11 is 0. The van der Waals surface area contributed by atoms with E-state index in [1.165, 1.54) is 58.2 Å². The van der Waals surface area contributed by atoms with Crippen LogP contribution in [-0.2, 0) is 6.42 Å². The molecule has 0 bridgehead atoms. The molecule has 0 atom stereocenters. The topological polar surface area (TPSA) is 0 Å². The molecule has 1 aliphatic rings. The third-order valence-electron chi connectivity index (χ3n) is 5.52. The van der Waals surface area contributed by atoms with Gasteiger partial charge in [0.25, 0.3) is 0 Å². The van der Waals surface area contributed by atoms with Gasteiger partial charge < -0.3 is 0 Å². The van der Waals surface area contributed by atoms with Crippen molar-refractivity contribution in [1.82, 2.24) is 0 Å². The summed E-state index contributed by atoms with van der Waals surface area (Å²) in [5.41, 5.74) is 13.2. The van der Waals surface area contributed by atoms with E-state index in [4.69, 9.17) is 0 Å². The van der Waals surface area contributed by atoms with E-state index in [1.54, 1.807) is 11.1 Å². The van der Waals surface area contributed by atoms with E-state index in [-0.39, 0.29) is 0 Å². The standard InChI is InChI=1S/C23H28/c1-6-7-10-19-13-21-18(5)16(3)12-22(23(21)14-19)20-11-8-9-15(2)17(20)4/h8-9,11-12,14H,6-7,10,13H2,1-5H3. The van der Waals surface area contributed by atoms with Crippen LogP contribution in [0.1, 0.15) is 59.6 Å². The molecule has 0 fully saturated rings. The fraction of sp³-hybridized carbons (Fsp3) is 0.391. The van der Waals surface area contributed by atoms with Gasteiger partial charge in [0.05, 0.1) is 0 Å². The normalized spacial score (nSPS) is 13.2. The van der Waals surface area contributed by atoms with Crippen LogP contribution in [0.5, 0.6) is 0 Å². The van der Waals surface area contributed by atoms with Crippen molar-refractivity contribution in [3.05, 3.63) is 63.2 Å². The Morgan fingerprint density at radius 3 is 2.43 bits per heavy atom. The van der Waals surface area contributed by atoms with Crippen molar-refractivity contribution < 1.29 is 0 Å². The van der Waals surface area contributed by atoms with Gasteiger partial charge in [0, 0.05) is 0 Å². The molecule has 23 heavy (non-hydrogen) atoms. The summed E-state index contributed by atoms with van der Waals surface area (Å²) in [6.45, 7) is 11.3. The Morgan fingerprint density at radius 1 is 0.913 bits per heavy atom.